The lowest BCUT2D eigenvalue weighted by molar-refractivity contribution is 0.174. The largest absolute Gasteiger partial charge is 0.507 e. The van der Waals surface area contributed by atoms with Crippen molar-refractivity contribution < 1.29 is 44.5 Å². The Morgan fingerprint density at radius 3 is 1.08 bits per heavy atom. The van der Waals surface area contributed by atoms with Crippen molar-refractivity contribution in [2.75, 3.05) is 41.7 Å². The second-order valence-corrected chi connectivity index (χ2v) is 13.4. The second-order valence-electron chi connectivity index (χ2n) is 13.4. The Bertz CT molecular complexity index is 1600. The number of aromatic hydroxyl groups is 3. The van der Waals surface area contributed by atoms with E-state index in [0.717, 1.165) is 27.8 Å². The Labute approximate surface area is 295 Å². The molecule has 0 aliphatic carbocycles. The molecule has 5 N–H and O–H groups in total. The van der Waals surface area contributed by atoms with Gasteiger partial charge in [-0.25, -0.2) is 0 Å². The first-order valence-corrected chi connectivity index (χ1v) is 16.7. The van der Waals surface area contributed by atoms with Gasteiger partial charge in [0.15, 0.2) is 0 Å². The minimum Gasteiger partial charge on any atom is -0.507 e. The molecule has 0 bridgehead atoms. The summed E-state index contributed by atoms with van der Waals surface area (Å²) in [5.41, 5.74) is 7.14. The molecule has 0 spiro atoms. The molecule has 0 heterocycles. The van der Waals surface area contributed by atoms with Gasteiger partial charge in [0.1, 0.15) is 17.2 Å². The van der Waals surface area contributed by atoms with Crippen LogP contribution in [0.15, 0.2) is 60.7 Å². The van der Waals surface area contributed by atoms with Crippen LogP contribution < -0.4 is 0 Å². The number of aliphatic hydroxyl groups excluding tert-OH is 2. The van der Waals surface area contributed by atoms with Gasteiger partial charge >= 0.3 is 0 Å². The number of aliphatic hydroxyl groups is 2. The number of hydrogen-bond acceptors (Lipinski definition) is 9. The smallest absolute Gasteiger partial charge is 0.126 e. The molecule has 270 valence electrons. The maximum absolute atomic E-state index is 11.1. The Balaban J connectivity index is 1.97. The van der Waals surface area contributed by atoms with Gasteiger partial charge in [0.25, 0.3) is 0 Å². The third-order valence-electron chi connectivity index (χ3n) is 9.83. The van der Waals surface area contributed by atoms with Crippen molar-refractivity contribution in [3.05, 3.63) is 122 Å². The van der Waals surface area contributed by atoms with Crippen molar-refractivity contribution in [1.29, 1.82) is 0 Å². The highest BCUT2D eigenvalue weighted by Crippen LogP contribution is 2.45. The first kappa shape index (κ1) is 38.8. The van der Waals surface area contributed by atoms with E-state index >= 15 is 0 Å². The summed E-state index contributed by atoms with van der Waals surface area (Å²) in [4.78, 5) is 0. The predicted molar refractivity (Wildman–Crippen MR) is 193 cm³/mol. The van der Waals surface area contributed by atoms with Crippen LogP contribution in [-0.2, 0) is 69.0 Å². The van der Waals surface area contributed by atoms with Gasteiger partial charge < -0.3 is 44.5 Å². The first-order chi connectivity index (χ1) is 23.9. The van der Waals surface area contributed by atoms with E-state index < -0.39 is 10.8 Å². The first-order valence-electron chi connectivity index (χ1n) is 16.7. The van der Waals surface area contributed by atoms with Gasteiger partial charge in [-0.15, -0.1) is 0 Å². The zero-order chi connectivity index (χ0) is 36.6. The number of hydrogen-bond donors (Lipinski definition) is 5. The van der Waals surface area contributed by atoms with Crippen molar-refractivity contribution in [3.8, 4) is 17.2 Å². The molecular formula is C41H52O9. The van der Waals surface area contributed by atoms with Gasteiger partial charge in [0.05, 0.1) is 26.4 Å². The Kier molecular flexibility index (Phi) is 13.1. The summed E-state index contributed by atoms with van der Waals surface area (Å²) in [6.45, 7) is 6.95. The topological polar surface area (TPSA) is 138 Å². The minimum absolute atomic E-state index is 0.0884. The molecule has 50 heavy (non-hydrogen) atoms. The number of methoxy groups -OCH3 is 4. The van der Waals surface area contributed by atoms with Crippen LogP contribution in [-0.4, -0.2) is 67.2 Å². The summed E-state index contributed by atoms with van der Waals surface area (Å²) in [5, 5.41) is 52.9. The van der Waals surface area contributed by atoms with E-state index in [0.29, 0.717) is 33.4 Å². The number of benzene rings is 4. The molecular weight excluding hydrogens is 636 g/mol. The van der Waals surface area contributed by atoms with Crippen LogP contribution in [0.2, 0.25) is 0 Å². The van der Waals surface area contributed by atoms with Crippen LogP contribution in [0.25, 0.3) is 0 Å². The zero-order valence-electron chi connectivity index (χ0n) is 30.3. The SMILES string of the molecule is COCc1cc(C(C)(c2ccc(C(C)(C)c3cc(COC)c(O)c(COC)c3)cc2)c2cc(CCO)c(O)c(COC)c2)cc(CCO)c1O. The second kappa shape index (κ2) is 16.8. The summed E-state index contributed by atoms with van der Waals surface area (Å²) in [7, 11) is 6.34. The molecule has 9 nitrogen and oxygen atoms in total. The lowest BCUT2D eigenvalue weighted by atomic mass is 9.68. The highest BCUT2D eigenvalue weighted by Gasteiger charge is 2.35. The van der Waals surface area contributed by atoms with Crippen LogP contribution in [0.5, 0.6) is 17.2 Å². The molecule has 0 amide bonds. The standard InChI is InChI=1S/C41H52O9/c1-40(2,34-18-28(22-47-4)39(46)29(19-34)23-48-5)32-8-10-33(11-9-32)41(3,35-16-26(12-14-42)37(44)30(20-35)24-49-6)36-17-27(13-15-43)38(45)31(21-36)25-50-7/h8-11,16-21,42-46H,12-15,22-25H2,1-7H3. The van der Waals surface area contributed by atoms with Gasteiger partial charge in [-0.2, -0.15) is 0 Å². The van der Waals surface area contributed by atoms with Crippen LogP contribution in [0.1, 0.15) is 82.0 Å². The van der Waals surface area contributed by atoms with Crippen molar-refractivity contribution in [1.82, 2.24) is 0 Å². The highest BCUT2D eigenvalue weighted by atomic mass is 16.5. The minimum atomic E-state index is -0.834. The van der Waals surface area contributed by atoms with E-state index in [1.165, 1.54) is 0 Å². The fraction of sp³-hybridized carbons (Fsp3) is 0.415. The monoisotopic (exact) mass is 688 g/mol. The molecule has 0 aliphatic heterocycles. The van der Waals surface area contributed by atoms with Crippen molar-refractivity contribution >= 4 is 0 Å². The number of rotatable bonds is 17. The van der Waals surface area contributed by atoms with E-state index in [4.69, 9.17) is 18.9 Å². The van der Waals surface area contributed by atoms with E-state index in [1.54, 1.807) is 28.4 Å². The fourth-order valence-corrected chi connectivity index (χ4v) is 6.79. The Hall–Kier alpha value is -3.96. The van der Waals surface area contributed by atoms with Gasteiger partial charge in [-0.1, -0.05) is 50.2 Å². The van der Waals surface area contributed by atoms with Crippen LogP contribution in [0.4, 0.5) is 0 Å². The highest BCUT2D eigenvalue weighted by molar-refractivity contribution is 5.58. The van der Waals surface area contributed by atoms with Crippen LogP contribution >= 0.6 is 0 Å². The molecule has 0 saturated heterocycles. The van der Waals surface area contributed by atoms with Gasteiger partial charge in [-0.05, 0) is 83.0 Å². The molecule has 4 rings (SSSR count). The van der Waals surface area contributed by atoms with Crippen molar-refractivity contribution in [3.63, 3.8) is 0 Å². The summed E-state index contributed by atoms with van der Waals surface area (Å²) in [5.74, 6) is 0.347. The maximum Gasteiger partial charge on any atom is 0.126 e. The molecule has 0 fully saturated rings. The van der Waals surface area contributed by atoms with Gasteiger partial charge in [0, 0.05) is 74.7 Å². The van der Waals surface area contributed by atoms with Gasteiger partial charge in [0.2, 0.25) is 0 Å². The van der Waals surface area contributed by atoms with Crippen LogP contribution in [0, 0.1) is 0 Å². The van der Waals surface area contributed by atoms with E-state index in [9.17, 15) is 25.5 Å². The number of ether oxygens (including phenoxy) is 4. The molecule has 0 atom stereocenters. The fourth-order valence-electron chi connectivity index (χ4n) is 6.79. The molecule has 0 aromatic heterocycles. The molecule has 0 saturated carbocycles. The third kappa shape index (κ3) is 7.84. The number of phenolic OH excluding ortho intramolecular Hbond substituents is 3. The summed E-state index contributed by atoms with van der Waals surface area (Å²) in [6.07, 6.45) is 0.505. The third-order valence-corrected chi connectivity index (χ3v) is 9.83. The molecule has 0 unspecified atom stereocenters. The van der Waals surface area contributed by atoms with Gasteiger partial charge in [-0.3, -0.25) is 0 Å². The normalized spacial score (nSPS) is 12.1. The van der Waals surface area contributed by atoms with Crippen molar-refractivity contribution in [2.24, 2.45) is 0 Å². The average molecular weight is 689 g/mol. The van der Waals surface area contributed by atoms with E-state index in [-0.39, 0.29) is 69.7 Å². The molecule has 9 heteroatoms. The maximum atomic E-state index is 11.1. The lowest BCUT2D eigenvalue weighted by Crippen LogP contribution is -2.27. The number of phenols is 3. The summed E-state index contributed by atoms with van der Waals surface area (Å²) < 4.78 is 21.7. The van der Waals surface area contributed by atoms with Crippen molar-refractivity contribution in [2.45, 2.75) is 70.9 Å². The average Bonchev–Trinajstić information content (AvgIpc) is 3.10. The zero-order valence-corrected chi connectivity index (χ0v) is 30.3. The summed E-state index contributed by atoms with van der Waals surface area (Å²) >= 11 is 0. The Morgan fingerprint density at radius 2 is 0.740 bits per heavy atom. The predicted octanol–water partition coefficient (Wildman–Crippen LogP) is 6.14. The molecule has 4 aromatic carbocycles. The molecule has 0 radical (unpaired) electrons. The van der Waals surface area contributed by atoms with E-state index in [1.807, 2.05) is 36.4 Å². The van der Waals surface area contributed by atoms with Crippen LogP contribution in [0.3, 0.4) is 0 Å². The quantitative estimate of drug-likeness (QED) is 0.0829. The molecule has 4 aromatic rings. The molecule has 0 aliphatic rings. The Morgan fingerprint density at radius 1 is 0.440 bits per heavy atom. The van der Waals surface area contributed by atoms with E-state index in [2.05, 4.69) is 45.0 Å². The lowest BCUT2D eigenvalue weighted by Gasteiger charge is -2.35. The summed E-state index contributed by atoms with van der Waals surface area (Å²) in [6, 6.07) is 20.0.